The highest BCUT2D eigenvalue weighted by Gasteiger charge is 2.29. The second-order valence-corrected chi connectivity index (χ2v) is 8.81. The molecule has 2 rings (SSSR count). The first-order valence-electron chi connectivity index (χ1n) is 8.44. The number of nitrogens with one attached hydrogen (secondary N) is 1. The van der Waals surface area contributed by atoms with Crippen molar-refractivity contribution in [1.82, 2.24) is 9.62 Å². The summed E-state index contributed by atoms with van der Waals surface area (Å²) in [4.78, 5) is 24.2. The average molecular weight is 403 g/mol. The minimum Gasteiger partial charge on any atom is -0.449 e. The molecular formula is C17H23ClN2O5S. The van der Waals surface area contributed by atoms with Gasteiger partial charge in [-0.15, -0.1) is 0 Å². The first-order valence-corrected chi connectivity index (χ1v) is 10.3. The van der Waals surface area contributed by atoms with Crippen LogP contribution in [-0.2, 0) is 19.6 Å². The van der Waals surface area contributed by atoms with Crippen LogP contribution in [-0.4, -0.2) is 49.8 Å². The van der Waals surface area contributed by atoms with Crippen molar-refractivity contribution in [3.8, 4) is 0 Å². The lowest BCUT2D eigenvalue weighted by Gasteiger charge is -2.18. The third kappa shape index (κ3) is 4.75. The standard InChI is InChI=1S/C17H23ClN2O5S/c1-11(2)19-16(21)12(3)25-17(22)14-10-13(6-7-15(14)18)26(23,24)20-8-4-5-9-20/h6-7,10-12H,4-5,8-9H2,1-3H3,(H,19,21)/t12-/m1/s1. The lowest BCUT2D eigenvalue weighted by molar-refractivity contribution is -0.129. The van der Waals surface area contributed by atoms with Gasteiger partial charge in [0.25, 0.3) is 5.91 Å². The van der Waals surface area contributed by atoms with Crippen LogP contribution in [0, 0.1) is 0 Å². The molecule has 0 spiro atoms. The average Bonchev–Trinajstić information content (AvgIpc) is 3.09. The molecule has 1 aliphatic heterocycles. The van der Waals surface area contributed by atoms with Crippen molar-refractivity contribution < 1.29 is 22.7 Å². The van der Waals surface area contributed by atoms with Crippen LogP contribution in [0.15, 0.2) is 23.1 Å². The van der Waals surface area contributed by atoms with Crippen LogP contribution < -0.4 is 5.32 Å². The molecule has 1 fully saturated rings. The number of halogens is 1. The number of hydrogen-bond acceptors (Lipinski definition) is 5. The summed E-state index contributed by atoms with van der Waals surface area (Å²) in [6.45, 7) is 5.93. The SMILES string of the molecule is CC(C)NC(=O)[C@@H](C)OC(=O)c1cc(S(=O)(=O)N2CCCC2)ccc1Cl. The van der Waals surface area contributed by atoms with Crippen LogP contribution >= 0.6 is 11.6 Å². The fourth-order valence-corrected chi connectivity index (χ4v) is 4.32. The summed E-state index contributed by atoms with van der Waals surface area (Å²) in [5, 5.41) is 2.70. The summed E-state index contributed by atoms with van der Waals surface area (Å²) in [5.74, 6) is -1.29. The van der Waals surface area contributed by atoms with Crippen molar-refractivity contribution in [3.63, 3.8) is 0 Å². The zero-order chi connectivity index (χ0) is 19.5. The Morgan fingerprint density at radius 1 is 1.19 bits per heavy atom. The van der Waals surface area contributed by atoms with Gasteiger partial charge in [-0.3, -0.25) is 4.79 Å². The number of carbonyl (C=O) groups excluding carboxylic acids is 2. The van der Waals surface area contributed by atoms with Gasteiger partial charge in [0.15, 0.2) is 6.10 Å². The van der Waals surface area contributed by atoms with Crippen molar-refractivity contribution in [2.24, 2.45) is 0 Å². The Balaban J connectivity index is 2.21. The predicted molar refractivity (Wildman–Crippen MR) is 97.6 cm³/mol. The molecule has 1 N–H and O–H groups in total. The van der Waals surface area contributed by atoms with Gasteiger partial charge in [0.05, 0.1) is 15.5 Å². The molecule has 1 aliphatic rings. The summed E-state index contributed by atoms with van der Waals surface area (Å²) >= 11 is 6.04. The first-order chi connectivity index (χ1) is 12.1. The fourth-order valence-electron chi connectivity index (χ4n) is 2.58. The Morgan fingerprint density at radius 3 is 2.38 bits per heavy atom. The number of carbonyl (C=O) groups is 2. The number of sulfonamides is 1. The molecule has 26 heavy (non-hydrogen) atoms. The highest BCUT2D eigenvalue weighted by molar-refractivity contribution is 7.89. The van der Waals surface area contributed by atoms with Gasteiger partial charge in [-0.05, 0) is 51.8 Å². The van der Waals surface area contributed by atoms with E-state index < -0.39 is 28.0 Å². The molecule has 1 heterocycles. The van der Waals surface area contributed by atoms with E-state index >= 15 is 0 Å². The summed E-state index contributed by atoms with van der Waals surface area (Å²) in [7, 11) is -3.68. The predicted octanol–water partition coefficient (Wildman–Crippen LogP) is 2.19. The Bertz CT molecular complexity index is 788. The van der Waals surface area contributed by atoms with Crippen LogP contribution in [0.3, 0.4) is 0 Å². The van der Waals surface area contributed by atoms with Crippen molar-refractivity contribution in [1.29, 1.82) is 0 Å². The molecule has 0 aliphatic carbocycles. The Hall–Kier alpha value is -1.64. The highest BCUT2D eigenvalue weighted by Crippen LogP contribution is 2.26. The molecule has 9 heteroatoms. The second-order valence-electron chi connectivity index (χ2n) is 6.46. The number of esters is 1. The third-order valence-corrected chi connectivity index (χ3v) is 6.17. The molecule has 0 aromatic heterocycles. The summed E-state index contributed by atoms with van der Waals surface area (Å²) in [5.41, 5.74) is -0.0869. The number of ether oxygens (including phenoxy) is 1. The normalized spacial score (nSPS) is 16.5. The fraction of sp³-hybridized carbons (Fsp3) is 0.529. The monoisotopic (exact) mass is 402 g/mol. The number of benzene rings is 1. The second kappa shape index (κ2) is 8.37. The molecule has 1 atom stereocenters. The molecule has 7 nitrogen and oxygen atoms in total. The minimum absolute atomic E-state index is 0.0185. The number of nitrogens with zero attached hydrogens (tertiary/aromatic N) is 1. The molecule has 1 aromatic carbocycles. The van der Waals surface area contributed by atoms with E-state index in [1.165, 1.54) is 29.4 Å². The van der Waals surface area contributed by atoms with E-state index in [2.05, 4.69) is 5.32 Å². The number of amides is 1. The van der Waals surface area contributed by atoms with Crippen molar-refractivity contribution in [3.05, 3.63) is 28.8 Å². The van der Waals surface area contributed by atoms with E-state index in [0.717, 1.165) is 12.8 Å². The Kier molecular flexibility index (Phi) is 6.65. The van der Waals surface area contributed by atoms with Gasteiger partial charge >= 0.3 is 5.97 Å². The smallest absolute Gasteiger partial charge is 0.340 e. The molecule has 0 radical (unpaired) electrons. The van der Waals surface area contributed by atoms with Crippen molar-refractivity contribution in [2.45, 2.75) is 50.7 Å². The van der Waals surface area contributed by atoms with Crippen molar-refractivity contribution >= 4 is 33.5 Å². The molecular weight excluding hydrogens is 380 g/mol. The Morgan fingerprint density at radius 2 is 1.81 bits per heavy atom. The third-order valence-electron chi connectivity index (χ3n) is 3.94. The van der Waals surface area contributed by atoms with Gasteiger partial charge in [0, 0.05) is 19.1 Å². The first kappa shape index (κ1) is 20.7. The van der Waals surface area contributed by atoms with Crippen LogP contribution in [0.2, 0.25) is 5.02 Å². The molecule has 0 unspecified atom stereocenters. The zero-order valence-corrected chi connectivity index (χ0v) is 16.6. The maximum absolute atomic E-state index is 12.6. The lowest BCUT2D eigenvalue weighted by atomic mass is 10.2. The number of hydrogen-bond donors (Lipinski definition) is 1. The quantitative estimate of drug-likeness (QED) is 0.736. The molecule has 0 saturated carbocycles. The van der Waals surface area contributed by atoms with Gasteiger partial charge in [-0.25, -0.2) is 13.2 Å². The van der Waals surface area contributed by atoms with E-state index in [-0.39, 0.29) is 21.5 Å². The van der Waals surface area contributed by atoms with Crippen molar-refractivity contribution in [2.75, 3.05) is 13.1 Å². The van der Waals surface area contributed by atoms with Crippen LogP contribution in [0.25, 0.3) is 0 Å². The molecule has 0 bridgehead atoms. The Labute approximate surface area is 158 Å². The van der Waals surface area contributed by atoms with Crippen LogP contribution in [0.5, 0.6) is 0 Å². The van der Waals surface area contributed by atoms with E-state index in [1.54, 1.807) is 13.8 Å². The molecule has 1 amide bonds. The van der Waals surface area contributed by atoms with Gasteiger partial charge in [0.1, 0.15) is 0 Å². The summed E-state index contributed by atoms with van der Waals surface area (Å²) in [6.07, 6.45) is 0.591. The highest BCUT2D eigenvalue weighted by atomic mass is 35.5. The molecule has 1 saturated heterocycles. The molecule has 1 aromatic rings. The van der Waals surface area contributed by atoms with E-state index in [4.69, 9.17) is 16.3 Å². The van der Waals surface area contributed by atoms with E-state index in [0.29, 0.717) is 13.1 Å². The topological polar surface area (TPSA) is 92.8 Å². The zero-order valence-electron chi connectivity index (χ0n) is 15.0. The summed E-state index contributed by atoms with van der Waals surface area (Å²) < 4.78 is 31.8. The van der Waals surface area contributed by atoms with Crippen LogP contribution in [0.1, 0.15) is 44.0 Å². The van der Waals surface area contributed by atoms with Crippen LogP contribution in [0.4, 0.5) is 0 Å². The van der Waals surface area contributed by atoms with Gasteiger partial charge in [-0.2, -0.15) is 4.31 Å². The van der Waals surface area contributed by atoms with E-state index in [9.17, 15) is 18.0 Å². The maximum atomic E-state index is 12.6. The van der Waals surface area contributed by atoms with Gasteiger partial charge in [-0.1, -0.05) is 11.6 Å². The minimum atomic E-state index is -3.68. The lowest BCUT2D eigenvalue weighted by Crippen LogP contribution is -2.39. The number of rotatable bonds is 6. The maximum Gasteiger partial charge on any atom is 0.340 e. The van der Waals surface area contributed by atoms with E-state index in [1.807, 2.05) is 0 Å². The van der Waals surface area contributed by atoms with Gasteiger partial charge in [0.2, 0.25) is 10.0 Å². The van der Waals surface area contributed by atoms with Gasteiger partial charge < -0.3 is 10.1 Å². The largest absolute Gasteiger partial charge is 0.449 e. The summed E-state index contributed by atoms with van der Waals surface area (Å²) in [6, 6.07) is 3.81. The molecule has 144 valence electrons.